The van der Waals surface area contributed by atoms with E-state index in [0.29, 0.717) is 4.31 Å². The lowest BCUT2D eigenvalue weighted by molar-refractivity contribution is 0.221. The number of nitrogens with zero attached hydrogens (tertiary/aromatic N) is 1. The van der Waals surface area contributed by atoms with E-state index in [0.717, 1.165) is 7.05 Å². The van der Waals surface area contributed by atoms with Crippen molar-refractivity contribution >= 4 is 15.9 Å². The van der Waals surface area contributed by atoms with Crippen LogP contribution in [-0.4, -0.2) is 37.4 Å². The maximum Gasteiger partial charge on any atom is 0.350 e. The lowest BCUT2D eigenvalue weighted by Gasteiger charge is -2.22. The molecule has 0 aromatic rings. The number of nitrogens with two attached hydrogens (primary N) is 1. The number of rotatable bonds is 4. The first-order valence-corrected chi connectivity index (χ1v) is 4.80. The Morgan fingerprint density at radius 3 is 2.15 bits per heavy atom. The molecular weight excluding hydrogens is 204 g/mol. The van der Waals surface area contributed by atoms with Crippen molar-refractivity contribution in [3.05, 3.63) is 0 Å². The first-order chi connectivity index (χ1) is 5.71. The second-order valence-electron chi connectivity index (χ2n) is 2.45. The Kier molecular flexibility index (Phi) is 3.73. The molecule has 0 aliphatic rings. The summed E-state index contributed by atoms with van der Waals surface area (Å²) in [6, 6.07) is -1.06. The third-order valence-electron chi connectivity index (χ3n) is 1.62. The molecule has 0 aromatic heterocycles. The highest BCUT2D eigenvalue weighted by molar-refractivity contribution is 7.89. The molecule has 0 aliphatic carbocycles. The van der Waals surface area contributed by atoms with Gasteiger partial charge in [0.1, 0.15) is 5.84 Å². The quantitative estimate of drug-likeness (QED) is 0.502. The van der Waals surface area contributed by atoms with Crippen LogP contribution >= 0.6 is 0 Å². The third kappa shape index (κ3) is 2.59. The van der Waals surface area contributed by atoms with E-state index in [1.54, 1.807) is 0 Å². The number of halogens is 2. The molecule has 0 amide bonds. The van der Waals surface area contributed by atoms with E-state index in [2.05, 4.69) is 0 Å². The van der Waals surface area contributed by atoms with E-state index in [-0.39, 0.29) is 0 Å². The number of sulfonamides is 1. The predicted octanol–water partition coefficient (Wildman–Crippen LogP) is -0.205. The van der Waals surface area contributed by atoms with Gasteiger partial charge in [-0.3, -0.25) is 5.41 Å². The lowest BCUT2D eigenvalue weighted by Crippen LogP contribution is -2.45. The van der Waals surface area contributed by atoms with E-state index in [1.807, 2.05) is 0 Å². The van der Waals surface area contributed by atoms with Crippen LogP contribution in [0.3, 0.4) is 0 Å². The first-order valence-electron chi connectivity index (χ1n) is 3.30. The van der Waals surface area contributed by atoms with Gasteiger partial charge in [0.2, 0.25) is 0 Å². The number of alkyl halides is 2. The fourth-order valence-corrected chi connectivity index (χ4v) is 1.35. The molecule has 0 aromatic carbocycles. The van der Waals surface area contributed by atoms with Crippen molar-refractivity contribution in [3.8, 4) is 0 Å². The summed E-state index contributed by atoms with van der Waals surface area (Å²) < 4.78 is 45.9. The van der Waals surface area contributed by atoms with Gasteiger partial charge in [-0.1, -0.05) is 0 Å². The van der Waals surface area contributed by atoms with Gasteiger partial charge in [0.15, 0.2) is 0 Å². The van der Waals surface area contributed by atoms with Crippen LogP contribution in [-0.2, 0) is 10.0 Å². The molecule has 0 fully saturated rings. The molecule has 0 saturated carbocycles. The number of amidine groups is 1. The number of hydrogen-bond donors (Lipinski definition) is 2. The molecule has 0 radical (unpaired) electrons. The van der Waals surface area contributed by atoms with Crippen LogP contribution in [0.5, 0.6) is 0 Å². The third-order valence-corrected chi connectivity index (χ3v) is 3.19. The van der Waals surface area contributed by atoms with Crippen molar-refractivity contribution in [2.24, 2.45) is 5.73 Å². The van der Waals surface area contributed by atoms with Crippen molar-refractivity contribution in [3.63, 3.8) is 0 Å². The molecule has 1 unspecified atom stereocenters. The molecule has 0 bridgehead atoms. The Labute approximate surface area is 75.1 Å². The molecule has 0 spiro atoms. The van der Waals surface area contributed by atoms with Crippen LogP contribution in [0.1, 0.15) is 6.92 Å². The zero-order valence-corrected chi connectivity index (χ0v) is 7.98. The van der Waals surface area contributed by atoms with Gasteiger partial charge < -0.3 is 5.73 Å². The molecule has 0 heterocycles. The normalized spacial score (nSPS) is 14.9. The maximum atomic E-state index is 11.9. The molecule has 0 saturated heterocycles. The highest BCUT2D eigenvalue weighted by Gasteiger charge is 2.33. The highest BCUT2D eigenvalue weighted by Crippen LogP contribution is 2.12. The van der Waals surface area contributed by atoms with Gasteiger partial charge in [-0.05, 0) is 6.92 Å². The second kappa shape index (κ2) is 3.97. The fraction of sp³-hybridized carbons (Fsp3) is 0.800. The van der Waals surface area contributed by atoms with Crippen LogP contribution in [0.15, 0.2) is 0 Å². The Morgan fingerprint density at radius 2 is 1.92 bits per heavy atom. The Balaban J connectivity index is 4.80. The fourth-order valence-electron chi connectivity index (χ4n) is 0.542. The summed E-state index contributed by atoms with van der Waals surface area (Å²) in [7, 11) is -3.69. The van der Waals surface area contributed by atoms with E-state index in [4.69, 9.17) is 11.1 Å². The minimum atomic E-state index is -4.64. The zero-order valence-electron chi connectivity index (χ0n) is 7.16. The number of nitrogens with one attached hydrogen (secondary N) is 1. The Bertz CT molecular complexity index is 290. The van der Waals surface area contributed by atoms with Gasteiger partial charge >= 0.3 is 5.76 Å². The molecular formula is C5H11F2N3O2S. The van der Waals surface area contributed by atoms with Crippen molar-refractivity contribution in [1.82, 2.24) is 4.31 Å². The minimum absolute atomic E-state index is 0.375. The molecule has 0 rings (SSSR count). The Hall–Kier alpha value is -0.760. The number of hydrogen-bond acceptors (Lipinski definition) is 3. The summed E-state index contributed by atoms with van der Waals surface area (Å²) in [4.78, 5) is 0. The summed E-state index contributed by atoms with van der Waals surface area (Å²) in [5, 5.41) is 6.88. The number of likely N-dealkylation sites (N-methyl/N-ethyl adjacent to an activating group) is 1. The Morgan fingerprint density at radius 1 is 1.54 bits per heavy atom. The van der Waals surface area contributed by atoms with Crippen LogP contribution in [0.2, 0.25) is 0 Å². The van der Waals surface area contributed by atoms with E-state index in [9.17, 15) is 17.2 Å². The minimum Gasteiger partial charge on any atom is -0.386 e. The van der Waals surface area contributed by atoms with Crippen LogP contribution in [0, 0.1) is 5.41 Å². The van der Waals surface area contributed by atoms with E-state index >= 15 is 0 Å². The summed E-state index contributed by atoms with van der Waals surface area (Å²) in [5.41, 5.74) is 4.97. The van der Waals surface area contributed by atoms with Crippen molar-refractivity contribution in [2.45, 2.75) is 18.7 Å². The van der Waals surface area contributed by atoms with Gasteiger partial charge in [-0.2, -0.15) is 13.1 Å². The standard InChI is InChI=1S/C5H11F2N3O2S/c1-3(4(8)9)10(2)13(11,12)5(6)7/h3,5H,1-2H3,(H3,8,9). The van der Waals surface area contributed by atoms with Gasteiger partial charge in [0, 0.05) is 7.05 Å². The lowest BCUT2D eigenvalue weighted by atomic mass is 10.3. The monoisotopic (exact) mass is 215 g/mol. The van der Waals surface area contributed by atoms with Crippen LogP contribution in [0.4, 0.5) is 8.78 Å². The summed E-state index contributed by atoms with van der Waals surface area (Å²) >= 11 is 0. The van der Waals surface area contributed by atoms with Crippen molar-refractivity contribution in [1.29, 1.82) is 5.41 Å². The maximum absolute atomic E-state index is 11.9. The van der Waals surface area contributed by atoms with Gasteiger partial charge in [-0.25, -0.2) is 8.42 Å². The molecule has 8 heteroatoms. The largest absolute Gasteiger partial charge is 0.386 e. The van der Waals surface area contributed by atoms with Gasteiger partial charge in [0.05, 0.1) is 6.04 Å². The second-order valence-corrected chi connectivity index (χ2v) is 4.42. The molecule has 5 nitrogen and oxygen atoms in total. The SMILES string of the molecule is CC(C(=N)N)N(C)S(=O)(=O)C(F)F. The molecule has 3 N–H and O–H groups in total. The average molecular weight is 215 g/mol. The summed E-state index contributed by atoms with van der Waals surface area (Å²) in [6.07, 6.45) is 0. The highest BCUT2D eigenvalue weighted by atomic mass is 32.2. The van der Waals surface area contributed by atoms with E-state index < -0.39 is 27.7 Å². The summed E-state index contributed by atoms with van der Waals surface area (Å²) in [6.45, 7) is 1.25. The molecule has 1 atom stereocenters. The first kappa shape index (κ1) is 12.2. The van der Waals surface area contributed by atoms with Gasteiger partial charge in [-0.15, -0.1) is 0 Å². The van der Waals surface area contributed by atoms with Crippen molar-refractivity contribution in [2.75, 3.05) is 7.05 Å². The van der Waals surface area contributed by atoms with E-state index in [1.165, 1.54) is 6.92 Å². The van der Waals surface area contributed by atoms with Crippen molar-refractivity contribution < 1.29 is 17.2 Å². The van der Waals surface area contributed by atoms with Gasteiger partial charge in [0.25, 0.3) is 10.0 Å². The zero-order chi connectivity index (χ0) is 10.8. The summed E-state index contributed by atoms with van der Waals surface area (Å²) in [5.74, 6) is -3.97. The van der Waals surface area contributed by atoms with Crippen LogP contribution in [0.25, 0.3) is 0 Å². The molecule has 0 aliphatic heterocycles. The predicted molar refractivity (Wildman–Crippen MR) is 44.1 cm³/mol. The van der Waals surface area contributed by atoms with Crippen LogP contribution < -0.4 is 5.73 Å². The molecule has 78 valence electrons. The average Bonchev–Trinajstić information content (AvgIpc) is 2.01. The smallest absolute Gasteiger partial charge is 0.350 e. The molecule has 13 heavy (non-hydrogen) atoms. The topological polar surface area (TPSA) is 87.2 Å².